The van der Waals surface area contributed by atoms with E-state index in [1.165, 1.54) is 0 Å². The molecule has 2 N–H and O–H groups in total. The number of aromatic nitrogens is 2. The molecule has 5 nitrogen and oxygen atoms in total. The summed E-state index contributed by atoms with van der Waals surface area (Å²) in [5.41, 5.74) is 5.04. The first kappa shape index (κ1) is 19.4. The number of hydrogen-bond acceptors (Lipinski definition) is 3. The number of nitrogens with zero attached hydrogens (tertiary/aromatic N) is 1. The van der Waals surface area contributed by atoms with Crippen molar-refractivity contribution in [2.75, 3.05) is 5.32 Å². The molecule has 2 heterocycles. The highest BCUT2D eigenvalue weighted by molar-refractivity contribution is 6.30. The van der Waals surface area contributed by atoms with E-state index in [1.807, 2.05) is 78.9 Å². The molecule has 1 aliphatic rings. The minimum absolute atomic E-state index is 0.0371. The molecule has 0 aliphatic carbocycles. The van der Waals surface area contributed by atoms with Gasteiger partial charge in [0.15, 0.2) is 5.82 Å². The number of ether oxygens (including phenoxy) is 1. The van der Waals surface area contributed by atoms with Gasteiger partial charge in [-0.2, -0.15) is 5.10 Å². The van der Waals surface area contributed by atoms with Crippen molar-refractivity contribution in [2.45, 2.75) is 18.9 Å². The Balaban J connectivity index is 1.41. The standard InChI is InChI=1S/C25H20ClN3O2/c26-19-8-4-5-16(13-19)15-31-20-11-9-17(10-12-20)21-14-22(30)27-25-23(21)24(28-29-25)18-6-2-1-3-7-18/h1-13,21H,14-15H2,(H2,27,28,29,30). The molecule has 1 atom stereocenters. The maximum absolute atomic E-state index is 12.3. The summed E-state index contributed by atoms with van der Waals surface area (Å²) in [4.78, 5) is 12.3. The Bertz CT molecular complexity index is 1220. The number of amides is 1. The number of hydrogen-bond donors (Lipinski definition) is 2. The van der Waals surface area contributed by atoms with Gasteiger partial charge in [0.05, 0.1) is 5.69 Å². The maximum Gasteiger partial charge on any atom is 0.226 e. The van der Waals surface area contributed by atoms with Crippen molar-refractivity contribution in [1.82, 2.24) is 10.2 Å². The lowest BCUT2D eigenvalue weighted by atomic mass is 9.84. The molecule has 1 aliphatic heterocycles. The molecule has 0 radical (unpaired) electrons. The smallest absolute Gasteiger partial charge is 0.226 e. The van der Waals surface area contributed by atoms with Crippen LogP contribution in [0.1, 0.15) is 29.0 Å². The van der Waals surface area contributed by atoms with Gasteiger partial charge in [-0.1, -0.05) is 66.2 Å². The Morgan fingerprint density at radius 3 is 2.58 bits per heavy atom. The molecule has 1 amide bonds. The van der Waals surface area contributed by atoms with Crippen LogP contribution in [0.15, 0.2) is 78.9 Å². The number of anilines is 1. The molecule has 0 fully saturated rings. The second kappa shape index (κ2) is 8.28. The minimum atomic E-state index is -0.0836. The van der Waals surface area contributed by atoms with Gasteiger partial charge in [-0.15, -0.1) is 0 Å². The van der Waals surface area contributed by atoms with E-state index in [4.69, 9.17) is 16.3 Å². The first-order valence-electron chi connectivity index (χ1n) is 10.1. The Labute approximate surface area is 185 Å². The van der Waals surface area contributed by atoms with Crippen LogP contribution in [0.2, 0.25) is 5.02 Å². The molecule has 1 unspecified atom stereocenters. The zero-order valence-corrected chi connectivity index (χ0v) is 17.4. The molecule has 0 saturated heterocycles. The van der Waals surface area contributed by atoms with E-state index < -0.39 is 0 Å². The molecule has 154 valence electrons. The molecular formula is C25H20ClN3O2. The van der Waals surface area contributed by atoms with Gasteiger partial charge < -0.3 is 10.1 Å². The highest BCUT2D eigenvalue weighted by atomic mass is 35.5. The Morgan fingerprint density at radius 1 is 1.00 bits per heavy atom. The van der Waals surface area contributed by atoms with Crippen LogP contribution in [0.3, 0.4) is 0 Å². The quantitative estimate of drug-likeness (QED) is 0.422. The van der Waals surface area contributed by atoms with Crippen molar-refractivity contribution in [3.05, 3.63) is 101 Å². The van der Waals surface area contributed by atoms with Crippen LogP contribution in [0, 0.1) is 0 Å². The largest absolute Gasteiger partial charge is 0.489 e. The van der Waals surface area contributed by atoms with Gasteiger partial charge in [0, 0.05) is 22.9 Å². The molecule has 0 spiro atoms. The van der Waals surface area contributed by atoms with Gasteiger partial charge in [-0.3, -0.25) is 9.89 Å². The summed E-state index contributed by atoms with van der Waals surface area (Å²) in [6, 6.07) is 25.6. The lowest BCUT2D eigenvalue weighted by Crippen LogP contribution is -2.23. The maximum atomic E-state index is 12.3. The Hall–Kier alpha value is -3.57. The molecule has 0 saturated carbocycles. The van der Waals surface area contributed by atoms with E-state index >= 15 is 0 Å². The monoisotopic (exact) mass is 429 g/mol. The molecule has 3 aromatic carbocycles. The molecule has 5 rings (SSSR count). The number of H-pyrrole nitrogens is 1. The number of halogens is 1. The second-order valence-electron chi connectivity index (χ2n) is 7.52. The number of fused-ring (bicyclic) bond motifs is 1. The Kier molecular flexibility index (Phi) is 5.18. The van der Waals surface area contributed by atoms with Crippen molar-refractivity contribution < 1.29 is 9.53 Å². The van der Waals surface area contributed by atoms with E-state index in [0.717, 1.165) is 33.7 Å². The van der Waals surface area contributed by atoms with E-state index in [1.54, 1.807) is 0 Å². The second-order valence-corrected chi connectivity index (χ2v) is 7.96. The highest BCUT2D eigenvalue weighted by Gasteiger charge is 2.32. The van der Waals surface area contributed by atoms with Gasteiger partial charge in [-0.25, -0.2) is 0 Å². The lowest BCUT2D eigenvalue weighted by molar-refractivity contribution is -0.116. The number of benzene rings is 3. The van der Waals surface area contributed by atoms with Crippen LogP contribution < -0.4 is 10.1 Å². The Morgan fingerprint density at radius 2 is 1.81 bits per heavy atom. The normalized spacial score (nSPS) is 15.3. The van der Waals surface area contributed by atoms with Crippen LogP contribution in [0.5, 0.6) is 5.75 Å². The molecule has 4 aromatic rings. The van der Waals surface area contributed by atoms with Gasteiger partial charge in [0.1, 0.15) is 12.4 Å². The number of carbonyl (C=O) groups excluding carboxylic acids is 1. The highest BCUT2D eigenvalue weighted by Crippen LogP contribution is 2.41. The summed E-state index contributed by atoms with van der Waals surface area (Å²) >= 11 is 6.04. The van der Waals surface area contributed by atoms with Gasteiger partial charge in [0.2, 0.25) is 5.91 Å². The van der Waals surface area contributed by atoms with Gasteiger partial charge >= 0.3 is 0 Å². The van der Waals surface area contributed by atoms with Crippen molar-refractivity contribution in [2.24, 2.45) is 0 Å². The third-order valence-corrected chi connectivity index (χ3v) is 5.67. The van der Waals surface area contributed by atoms with Crippen LogP contribution in [0.25, 0.3) is 11.3 Å². The third kappa shape index (κ3) is 4.05. The number of nitrogens with one attached hydrogen (secondary N) is 2. The molecule has 6 heteroatoms. The number of aromatic amines is 1. The molecule has 1 aromatic heterocycles. The predicted molar refractivity (Wildman–Crippen MR) is 121 cm³/mol. The molecule has 0 bridgehead atoms. The van der Waals surface area contributed by atoms with Crippen molar-refractivity contribution >= 4 is 23.3 Å². The van der Waals surface area contributed by atoms with Crippen LogP contribution in [0.4, 0.5) is 5.82 Å². The summed E-state index contributed by atoms with van der Waals surface area (Å²) in [5.74, 6) is 1.24. The fourth-order valence-corrected chi connectivity index (χ4v) is 4.17. The summed E-state index contributed by atoms with van der Waals surface area (Å²) in [6.45, 7) is 0.440. The van der Waals surface area contributed by atoms with Crippen LogP contribution in [-0.2, 0) is 11.4 Å². The van der Waals surface area contributed by atoms with Crippen molar-refractivity contribution in [1.29, 1.82) is 0 Å². The first-order chi connectivity index (χ1) is 15.2. The minimum Gasteiger partial charge on any atom is -0.489 e. The van der Waals surface area contributed by atoms with Crippen LogP contribution >= 0.6 is 11.6 Å². The van der Waals surface area contributed by atoms with Gasteiger partial charge in [-0.05, 0) is 41.0 Å². The fraction of sp³-hybridized carbons (Fsp3) is 0.120. The van der Waals surface area contributed by atoms with Gasteiger partial charge in [0.25, 0.3) is 0 Å². The molecular weight excluding hydrogens is 410 g/mol. The van der Waals surface area contributed by atoms with E-state index in [9.17, 15) is 4.79 Å². The number of carbonyl (C=O) groups is 1. The fourth-order valence-electron chi connectivity index (χ4n) is 3.95. The van der Waals surface area contributed by atoms with Crippen molar-refractivity contribution in [3.8, 4) is 17.0 Å². The lowest BCUT2D eigenvalue weighted by Gasteiger charge is -2.23. The van der Waals surface area contributed by atoms with E-state index in [-0.39, 0.29) is 11.8 Å². The topological polar surface area (TPSA) is 67.0 Å². The average Bonchev–Trinajstić information content (AvgIpc) is 3.22. The summed E-state index contributed by atoms with van der Waals surface area (Å²) in [5, 5.41) is 11.0. The van der Waals surface area contributed by atoms with E-state index in [2.05, 4.69) is 15.5 Å². The average molecular weight is 430 g/mol. The SMILES string of the molecule is O=C1CC(c2ccc(OCc3cccc(Cl)c3)cc2)c2c(n[nH]c2-c2ccccc2)N1. The first-order valence-corrected chi connectivity index (χ1v) is 10.5. The molecule has 31 heavy (non-hydrogen) atoms. The van der Waals surface area contributed by atoms with E-state index in [0.29, 0.717) is 23.9 Å². The predicted octanol–water partition coefficient (Wildman–Crippen LogP) is 5.78. The zero-order chi connectivity index (χ0) is 21.2. The zero-order valence-electron chi connectivity index (χ0n) is 16.6. The summed E-state index contributed by atoms with van der Waals surface area (Å²) in [6.07, 6.45) is 0.370. The summed E-state index contributed by atoms with van der Waals surface area (Å²) < 4.78 is 5.90. The van der Waals surface area contributed by atoms with Crippen LogP contribution in [-0.4, -0.2) is 16.1 Å². The van der Waals surface area contributed by atoms with Crippen molar-refractivity contribution in [3.63, 3.8) is 0 Å². The third-order valence-electron chi connectivity index (χ3n) is 5.44. The summed E-state index contributed by atoms with van der Waals surface area (Å²) in [7, 11) is 0. The number of rotatable bonds is 5.